The Morgan fingerprint density at radius 1 is 1.43 bits per heavy atom. The Labute approximate surface area is 85.0 Å². The predicted molar refractivity (Wildman–Crippen MR) is 55.6 cm³/mol. The van der Waals surface area contributed by atoms with Crippen molar-refractivity contribution in [2.45, 2.75) is 26.7 Å². The molecular weight excluding hydrogens is 178 g/mol. The van der Waals surface area contributed by atoms with Crippen LogP contribution < -0.4 is 16.0 Å². The highest BCUT2D eigenvalue weighted by atomic mass is 16.1. The molecule has 0 radical (unpaired) electrons. The molecule has 1 heterocycles. The van der Waals surface area contributed by atoms with E-state index in [0.717, 1.165) is 25.9 Å². The summed E-state index contributed by atoms with van der Waals surface area (Å²) in [5.41, 5.74) is 5.69. The summed E-state index contributed by atoms with van der Waals surface area (Å²) in [5, 5.41) is 3.23. The molecule has 4 nitrogen and oxygen atoms in total. The Hall–Kier alpha value is -0.900. The van der Waals surface area contributed by atoms with Crippen molar-refractivity contribution in [2.75, 3.05) is 13.1 Å². The number of nitrogens with two attached hydrogens (primary N) is 1. The molecule has 0 unspecified atom stereocenters. The Bertz CT molecular complexity index is 230. The molecule has 14 heavy (non-hydrogen) atoms. The minimum absolute atomic E-state index is 0.0812. The maximum absolute atomic E-state index is 11.7. The summed E-state index contributed by atoms with van der Waals surface area (Å²) in [7, 11) is 0. The highest BCUT2D eigenvalue weighted by Gasteiger charge is 2.23. The van der Waals surface area contributed by atoms with Gasteiger partial charge in [0.15, 0.2) is 0 Å². The minimum atomic E-state index is 0.0812. The molecule has 0 aromatic carbocycles. The third-order valence-electron chi connectivity index (χ3n) is 2.60. The Balaban J connectivity index is 2.51. The highest BCUT2D eigenvalue weighted by Crippen LogP contribution is 2.09. The molecule has 0 aliphatic carbocycles. The van der Waals surface area contributed by atoms with Gasteiger partial charge in [0.1, 0.15) is 0 Å². The quantitative estimate of drug-likeness (QED) is 0.378. The summed E-state index contributed by atoms with van der Waals surface area (Å²) >= 11 is 0. The van der Waals surface area contributed by atoms with Crippen molar-refractivity contribution in [3.05, 3.63) is 0 Å². The molecule has 1 amide bonds. The molecule has 0 bridgehead atoms. The van der Waals surface area contributed by atoms with Crippen LogP contribution in [0.3, 0.4) is 0 Å². The van der Waals surface area contributed by atoms with Crippen LogP contribution in [0.5, 0.6) is 0 Å². The molecule has 4 heteroatoms. The lowest BCUT2D eigenvalue weighted by atomic mass is 9.97. The molecule has 0 spiro atoms. The molecule has 0 atom stereocenters. The number of carbonyl (C=O) groups is 1. The standard InChI is InChI=1S/C10H19N3O/c1-7(2)9(11)13-10(14)8-3-5-12-6-4-8/h7-8,12H,3-6H2,1-2H3,(H2,11,13,14)/p+1. The van der Waals surface area contributed by atoms with Gasteiger partial charge in [0.05, 0.1) is 11.8 Å². The number of amides is 1. The molecule has 4 N–H and O–H groups in total. The van der Waals surface area contributed by atoms with Crippen molar-refractivity contribution in [2.24, 2.45) is 17.6 Å². The second-order valence-electron chi connectivity index (χ2n) is 4.12. The summed E-state index contributed by atoms with van der Waals surface area (Å²) < 4.78 is 0. The van der Waals surface area contributed by atoms with Gasteiger partial charge < -0.3 is 5.32 Å². The summed E-state index contributed by atoms with van der Waals surface area (Å²) in [4.78, 5) is 14.4. The van der Waals surface area contributed by atoms with Crippen LogP contribution in [-0.4, -0.2) is 24.8 Å². The van der Waals surface area contributed by atoms with Gasteiger partial charge in [-0.15, -0.1) is 0 Å². The topological polar surface area (TPSA) is 69.1 Å². The molecule has 1 aliphatic heterocycles. The van der Waals surface area contributed by atoms with E-state index in [4.69, 9.17) is 5.73 Å². The number of amidine groups is 1. The number of carbonyl (C=O) groups excluding carboxylic acids is 1. The van der Waals surface area contributed by atoms with Crippen molar-refractivity contribution in [3.63, 3.8) is 0 Å². The number of nitrogens with one attached hydrogen (secondary N) is 2. The highest BCUT2D eigenvalue weighted by molar-refractivity contribution is 5.82. The van der Waals surface area contributed by atoms with E-state index in [2.05, 4.69) is 10.3 Å². The number of hydrogen-bond donors (Lipinski definition) is 3. The van der Waals surface area contributed by atoms with Crippen molar-refractivity contribution in [1.29, 1.82) is 0 Å². The van der Waals surface area contributed by atoms with Crippen LogP contribution in [-0.2, 0) is 4.79 Å². The number of piperidine rings is 1. The van der Waals surface area contributed by atoms with Crippen molar-refractivity contribution < 1.29 is 9.79 Å². The van der Waals surface area contributed by atoms with Gasteiger partial charge in [0, 0.05) is 0 Å². The first kappa shape index (κ1) is 11.2. The van der Waals surface area contributed by atoms with Crippen molar-refractivity contribution in [3.8, 4) is 0 Å². The lowest BCUT2D eigenvalue weighted by Gasteiger charge is -2.18. The summed E-state index contributed by atoms with van der Waals surface area (Å²) in [6, 6.07) is 0. The SMILES string of the molecule is CC(C)C(N)=[NH+]C(=O)C1CCNCC1. The molecule has 0 aromatic rings. The molecule has 1 saturated heterocycles. The summed E-state index contributed by atoms with van der Waals surface area (Å²) in [6.07, 6.45) is 1.83. The van der Waals surface area contributed by atoms with Crippen molar-refractivity contribution >= 4 is 11.7 Å². The van der Waals surface area contributed by atoms with E-state index >= 15 is 0 Å². The third-order valence-corrected chi connectivity index (χ3v) is 2.60. The Morgan fingerprint density at radius 2 is 2.00 bits per heavy atom. The average molecular weight is 198 g/mol. The molecule has 1 fully saturated rings. The van der Waals surface area contributed by atoms with E-state index in [1.165, 1.54) is 0 Å². The number of rotatable bonds is 2. The first-order chi connectivity index (χ1) is 6.61. The van der Waals surface area contributed by atoms with Gasteiger partial charge in [-0.2, -0.15) is 0 Å². The third kappa shape index (κ3) is 3.10. The zero-order valence-corrected chi connectivity index (χ0v) is 8.97. The largest absolute Gasteiger partial charge is 0.317 e. The lowest BCUT2D eigenvalue weighted by molar-refractivity contribution is -0.386. The van der Waals surface area contributed by atoms with Crippen LogP contribution in [0.4, 0.5) is 0 Å². The molecule has 0 saturated carbocycles. The van der Waals surface area contributed by atoms with Gasteiger partial charge in [-0.05, 0) is 25.9 Å². The molecule has 0 aromatic heterocycles. The zero-order valence-electron chi connectivity index (χ0n) is 8.97. The van der Waals surface area contributed by atoms with Crippen LogP contribution in [0.2, 0.25) is 0 Å². The van der Waals surface area contributed by atoms with E-state index < -0.39 is 0 Å². The van der Waals surface area contributed by atoms with E-state index in [9.17, 15) is 4.79 Å². The summed E-state index contributed by atoms with van der Waals surface area (Å²) in [5.74, 6) is 1.00. The Morgan fingerprint density at radius 3 is 2.50 bits per heavy atom. The smallest absolute Gasteiger partial charge is 0.310 e. The van der Waals surface area contributed by atoms with Crippen LogP contribution >= 0.6 is 0 Å². The minimum Gasteiger partial charge on any atom is -0.317 e. The van der Waals surface area contributed by atoms with Crippen LogP contribution in [0.1, 0.15) is 26.7 Å². The monoisotopic (exact) mass is 198 g/mol. The lowest BCUT2D eigenvalue weighted by Crippen LogP contribution is -2.82. The van der Waals surface area contributed by atoms with E-state index in [0.29, 0.717) is 5.84 Å². The first-order valence-corrected chi connectivity index (χ1v) is 5.25. The van der Waals surface area contributed by atoms with Crippen LogP contribution in [0.15, 0.2) is 0 Å². The molecule has 80 valence electrons. The van der Waals surface area contributed by atoms with Crippen LogP contribution in [0, 0.1) is 11.8 Å². The van der Waals surface area contributed by atoms with Gasteiger partial charge in [-0.1, -0.05) is 13.8 Å². The van der Waals surface area contributed by atoms with Gasteiger partial charge >= 0.3 is 5.91 Å². The summed E-state index contributed by atoms with van der Waals surface area (Å²) in [6.45, 7) is 5.80. The van der Waals surface area contributed by atoms with Gasteiger partial charge in [0.25, 0.3) is 0 Å². The van der Waals surface area contributed by atoms with E-state index in [1.54, 1.807) is 0 Å². The fourth-order valence-corrected chi connectivity index (χ4v) is 1.47. The maximum atomic E-state index is 11.7. The fourth-order valence-electron chi connectivity index (χ4n) is 1.47. The maximum Gasteiger partial charge on any atom is 0.310 e. The normalized spacial score (nSPS) is 20.1. The fraction of sp³-hybridized carbons (Fsp3) is 0.800. The molecule has 1 rings (SSSR count). The first-order valence-electron chi connectivity index (χ1n) is 5.25. The molecule has 1 aliphatic rings. The molecular formula is C10H20N3O+. The van der Waals surface area contributed by atoms with Gasteiger partial charge in [-0.25, -0.2) is 9.79 Å². The van der Waals surface area contributed by atoms with Crippen LogP contribution in [0.25, 0.3) is 0 Å². The van der Waals surface area contributed by atoms with E-state index in [-0.39, 0.29) is 17.7 Å². The zero-order chi connectivity index (χ0) is 10.6. The van der Waals surface area contributed by atoms with E-state index in [1.807, 2.05) is 13.8 Å². The van der Waals surface area contributed by atoms with Gasteiger partial charge in [-0.3, -0.25) is 5.73 Å². The second kappa shape index (κ2) is 5.10. The number of hydrogen-bond acceptors (Lipinski definition) is 2. The van der Waals surface area contributed by atoms with Crippen molar-refractivity contribution in [1.82, 2.24) is 5.32 Å². The predicted octanol–water partition coefficient (Wildman–Crippen LogP) is -1.39. The Kier molecular flexibility index (Phi) is 4.07. The average Bonchev–Trinajstić information content (AvgIpc) is 2.19. The van der Waals surface area contributed by atoms with Gasteiger partial charge in [0.2, 0.25) is 5.84 Å². The second-order valence-corrected chi connectivity index (χ2v) is 4.12.